The SMILES string of the molecule is CCSc1ccc(C(=O)Nc2sc(C)c(C)c2C(=O)NC)cc1. The van der Waals surface area contributed by atoms with E-state index in [-0.39, 0.29) is 11.8 Å². The van der Waals surface area contributed by atoms with Crippen LogP contribution in [0.15, 0.2) is 29.2 Å². The van der Waals surface area contributed by atoms with E-state index in [0.29, 0.717) is 16.1 Å². The van der Waals surface area contributed by atoms with Gasteiger partial charge in [0, 0.05) is 22.4 Å². The molecule has 0 aliphatic rings. The molecular formula is C17H20N2O2S2. The summed E-state index contributed by atoms with van der Waals surface area (Å²) in [5.41, 5.74) is 2.03. The molecule has 0 aliphatic heterocycles. The van der Waals surface area contributed by atoms with Crippen LogP contribution in [0.3, 0.4) is 0 Å². The average molecular weight is 348 g/mol. The van der Waals surface area contributed by atoms with Gasteiger partial charge >= 0.3 is 0 Å². The van der Waals surface area contributed by atoms with Crippen molar-refractivity contribution in [2.24, 2.45) is 0 Å². The lowest BCUT2D eigenvalue weighted by atomic mass is 10.1. The number of carbonyl (C=O) groups excluding carboxylic acids is 2. The molecule has 0 saturated heterocycles. The monoisotopic (exact) mass is 348 g/mol. The van der Waals surface area contributed by atoms with Crippen LogP contribution >= 0.6 is 23.1 Å². The molecule has 4 nitrogen and oxygen atoms in total. The molecule has 0 saturated carbocycles. The molecule has 23 heavy (non-hydrogen) atoms. The van der Waals surface area contributed by atoms with E-state index in [0.717, 1.165) is 21.1 Å². The van der Waals surface area contributed by atoms with E-state index in [9.17, 15) is 9.59 Å². The van der Waals surface area contributed by atoms with Gasteiger partial charge in [-0.2, -0.15) is 0 Å². The van der Waals surface area contributed by atoms with Gasteiger partial charge in [-0.3, -0.25) is 9.59 Å². The van der Waals surface area contributed by atoms with Crippen LogP contribution in [-0.2, 0) is 0 Å². The molecule has 2 amide bonds. The van der Waals surface area contributed by atoms with Crippen LogP contribution < -0.4 is 10.6 Å². The van der Waals surface area contributed by atoms with E-state index in [1.165, 1.54) is 11.3 Å². The second-order valence-electron chi connectivity index (χ2n) is 4.98. The van der Waals surface area contributed by atoms with Gasteiger partial charge in [-0.15, -0.1) is 23.1 Å². The predicted octanol–water partition coefficient (Wildman–Crippen LogP) is 4.09. The predicted molar refractivity (Wildman–Crippen MR) is 98.0 cm³/mol. The van der Waals surface area contributed by atoms with Crippen molar-refractivity contribution < 1.29 is 9.59 Å². The number of benzene rings is 1. The number of carbonyl (C=O) groups is 2. The summed E-state index contributed by atoms with van der Waals surface area (Å²) in [5.74, 6) is 0.607. The zero-order chi connectivity index (χ0) is 17.0. The van der Waals surface area contributed by atoms with Crippen molar-refractivity contribution in [1.82, 2.24) is 5.32 Å². The molecule has 0 aliphatic carbocycles. The Hall–Kier alpha value is -1.79. The van der Waals surface area contributed by atoms with Crippen LogP contribution in [0.25, 0.3) is 0 Å². The minimum Gasteiger partial charge on any atom is -0.355 e. The van der Waals surface area contributed by atoms with Crippen molar-refractivity contribution in [3.63, 3.8) is 0 Å². The first-order valence-corrected chi connectivity index (χ1v) is 9.14. The van der Waals surface area contributed by atoms with E-state index in [1.54, 1.807) is 30.9 Å². The molecule has 0 spiro atoms. The van der Waals surface area contributed by atoms with Crippen molar-refractivity contribution in [1.29, 1.82) is 0 Å². The Morgan fingerprint density at radius 3 is 2.35 bits per heavy atom. The van der Waals surface area contributed by atoms with Gasteiger partial charge in [0.1, 0.15) is 5.00 Å². The van der Waals surface area contributed by atoms with Crippen molar-refractivity contribution in [2.75, 3.05) is 18.1 Å². The van der Waals surface area contributed by atoms with Gasteiger partial charge < -0.3 is 10.6 Å². The Morgan fingerprint density at radius 2 is 1.78 bits per heavy atom. The first-order chi connectivity index (χ1) is 11.0. The van der Waals surface area contributed by atoms with Gasteiger partial charge in [-0.1, -0.05) is 6.92 Å². The molecule has 1 aromatic heterocycles. The maximum atomic E-state index is 12.4. The molecule has 0 atom stereocenters. The highest BCUT2D eigenvalue weighted by atomic mass is 32.2. The maximum Gasteiger partial charge on any atom is 0.256 e. The summed E-state index contributed by atoms with van der Waals surface area (Å²) in [4.78, 5) is 26.6. The minimum atomic E-state index is -0.204. The van der Waals surface area contributed by atoms with Crippen molar-refractivity contribution in [2.45, 2.75) is 25.7 Å². The number of rotatable bonds is 5. The molecule has 1 aromatic carbocycles. The minimum absolute atomic E-state index is 0.183. The van der Waals surface area contributed by atoms with E-state index in [4.69, 9.17) is 0 Å². The van der Waals surface area contributed by atoms with Crippen LogP contribution in [0.2, 0.25) is 0 Å². The maximum absolute atomic E-state index is 12.4. The number of nitrogens with one attached hydrogen (secondary N) is 2. The molecule has 0 radical (unpaired) electrons. The van der Waals surface area contributed by atoms with E-state index in [2.05, 4.69) is 17.6 Å². The second kappa shape index (κ2) is 7.66. The Bertz CT molecular complexity index is 721. The van der Waals surface area contributed by atoms with Gasteiger partial charge in [-0.05, 0) is 49.4 Å². The molecule has 0 fully saturated rings. The normalized spacial score (nSPS) is 10.4. The summed E-state index contributed by atoms with van der Waals surface area (Å²) >= 11 is 3.15. The summed E-state index contributed by atoms with van der Waals surface area (Å²) < 4.78 is 0. The number of aryl methyl sites for hydroxylation is 1. The summed E-state index contributed by atoms with van der Waals surface area (Å²) in [6.45, 7) is 5.93. The number of amides is 2. The topological polar surface area (TPSA) is 58.2 Å². The first kappa shape index (κ1) is 17.6. The molecule has 2 rings (SSSR count). The molecule has 6 heteroatoms. The average Bonchev–Trinajstić information content (AvgIpc) is 2.82. The number of hydrogen-bond acceptors (Lipinski definition) is 4. The molecule has 0 bridgehead atoms. The summed E-state index contributed by atoms with van der Waals surface area (Å²) in [6.07, 6.45) is 0. The fourth-order valence-electron chi connectivity index (χ4n) is 2.16. The molecule has 0 unspecified atom stereocenters. The highest BCUT2D eigenvalue weighted by Crippen LogP contribution is 2.32. The fraction of sp³-hybridized carbons (Fsp3) is 0.294. The van der Waals surface area contributed by atoms with Crippen molar-refractivity contribution in [3.05, 3.63) is 45.8 Å². The van der Waals surface area contributed by atoms with Crippen LogP contribution in [-0.4, -0.2) is 24.6 Å². The zero-order valence-corrected chi connectivity index (χ0v) is 15.3. The third-order valence-electron chi connectivity index (χ3n) is 3.49. The summed E-state index contributed by atoms with van der Waals surface area (Å²) in [6, 6.07) is 7.49. The summed E-state index contributed by atoms with van der Waals surface area (Å²) in [7, 11) is 1.59. The van der Waals surface area contributed by atoms with Crippen LogP contribution in [0.1, 0.15) is 38.1 Å². The van der Waals surface area contributed by atoms with E-state index >= 15 is 0 Å². The highest BCUT2D eigenvalue weighted by Gasteiger charge is 2.20. The highest BCUT2D eigenvalue weighted by molar-refractivity contribution is 7.99. The Morgan fingerprint density at radius 1 is 1.13 bits per heavy atom. The van der Waals surface area contributed by atoms with Gasteiger partial charge in [0.05, 0.1) is 5.56 Å². The fourth-order valence-corrected chi connectivity index (χ4v) is 3.87. The number of hydrogen-bond donors (Lipinski definition) is 2. The Labute approximate surface area is 144 Å². The van der Waals surface area contributed by atoms with Gasteiger partial charge in [-0.25, -0.2) is 0 Å². The second-order valence-corrected chi connectivity index (χ2v) is 7.54. The lowest BCUT2D eigenvalue weighted by Crippen LogP contribution is -2.21. The van der Waals surface area contributed by atoms with Crippen molar-refractivity contribution in [3.8, 4) is 0 Å². The van der Waals surface area contributed by atoms with Gasteiger partial charge in [0.25, 0.3) is 11.8 Å². The van der Waals surface area contributed by atoms with Crippen LogP contribution in [0, 0.1) is 13.8 Å². The molecule has 122 valence electrons. The zero-order valence-electron chi connectivity index (χ0n) is 13.6. The summed E-state index contributed by atoms with van der Waals surface area (Å²) in [5, 5.41) is 6.08. The lowest BCUT2D eigenvalue weighted by molar-refractivity contribution is 0.0963. The van der Waals surface area contributed by atoms with Gasteiger partial charge in [0.15, 0.2) is 0 Å². The van der Waals surface area contributed by atoms with Crippen LogP contribution in [0.5, 0.6) is 0 Å². The van der Waals surface area contributed by atoms with E-state index < -0.39 is 0 Å². The Kier molecular flexibility index (Phi) is 5.85. The molecular weight excluding hydrogens is 328 g/mol. The largest absolute Gasteiger partial charge is 0.355 e. The first-order valence-electron chi connectivity index (χ1n) is 7.34. The van der Waals surface area contributed by atoms with Crippen molar-refractivity contribution >= 4 is 39.9 Å². The van der Waals surface area contributed by atoms with Gasteiger partial charge in [0.2, 0.25) is 0 Å². The third-order valence-corrected chi connectivity index (χ3v) is 5.51. The number of thioether (sulfide) groups is 1. The number of anilines is 1. The smallest absolute Gasteiger partial charge is 0.256 e. The molecule has 2 N–H and O–H groups in total. The number of thiophene rings is 1. The van der Waals surface area contributed by atoms with E-state index in [1.807, 2.05) is 26.0 Å². The Balaban J connectivity index is 2.23. The quantitative estimate of drug-likeness (QED) is 0.800. The molecule has 2 aromatic rings. The lowest BCUT2D eigenvalue weighted by Gasteiger charge is -2.07. The molecule has 1 heterocycles. The van der Waals surface area contributed by atoms with Crippen LogP contribution in [0.4, 0.5) is 5.00 Å². The standard InChI is InChI=1S/C17H20N2O2S2/c1-5-22-13-8-6-12(7-9-13)15(20)19-17-14(16(21)18-4)10(2)11(3)23-17/h6-9H,5H2,1-4H3,(H,18,21)(H,19,20). The third kappa shape index (κ3) is 3.95.